The zero-order chi connectivity index (χ0) is 49.3. The van der Waals surface area contributed by atoms with Crippen molar-refractivity contribution in [3.05, 3.63) is 18.2 Å². The minimum Gasteiger partial charge on any atom is -0.394 e. The average molecular weight is 963 g/mol. The Hall–Kier alpha value is -4.16. The molecule has 65 heavy (non-hydrogen) atoms. The van der Waals surface area contributed by atoms with Crippen LogP contribution in [0.1, 0.15) is 86.3 Å². The number of primary amides is 1. The zero-order valence-electron chi connectivity index (χ0n) is 38.3. The lowest BCUT2D eigenvalue weighted by atomic mass is 10.0. The highest BCUT2D eigenvalue weighted by atomic mass is 32.1. The van der Waals surface area contributed by atoms with Crippen molar-refractivity contribution >= 4 is 61.6 Å². The van der Waals surface area contributed by atoms with Gasteiger partial charge in [-0.2, -0.15) is 12.6 Å². The largest absolute Gasteiger partial charge is 0.394 e. The number of carbonyl (C=O) groups excluding carboxylic acids is 7. The van der Waals surface area contributed by atoms with Gasteiger partial charge in [-0.25, -0.2) is 4.98 Å². The van der Waals surface area contributed by atoms with Gasteiger partial charge in [0.15, 0.2) is 0 Å². The van der Waals surface area contributed by atoms with Crippen molar-refractivity contribution in [3.63, 3.8) is 0 Å². The molecule has 1 unspecified atom stereocenters. The predicted octanol–water partition coefficient (Wildman–Crippen LogP) is -2.04. The number of aromatic amines is 1. The normalized spacial score (nSPS) is 17.3. The maximum Gasteiger partial charge on any atom is 0.325 e. The number of aliphatic hydroxyl groups excluding tert-OH is 1. The summed E-state index contributed by atoms with van der Waals surface area (Å²) in [5.41, 5.74) is 10.1. The summed E-state index contributed by atoms with van der Waals surface area (Å²) in [5.74, 6) is -6.11. The first-order valence-electron chi connectivity index (χ1n) is 21.5. The van der Waals surface area contributed by atoms with E-state index in [4.69, 9.17) is 20.9 Å². The van der Waals surface area contributed by atoms with E-state index in [1.807, 2.05) is 41.5 Å². The van der Waals surface area contributed by atoms with Crippen LogP contribution in [0.4, 0.5) is 0 Å². The Morgan fingerprint density at radius 2 is 1.58 bits per heavy atom. The molecule has 1 aliphatic heterocycles. The Balaban J connectivity index is 2.10. The number of thiol groups is 1. The quantitative estimate of drug-likeness (QED) is 0.0304. The van der Waals surface area contributed by atoms with Gasteiger partial charge < -0.3 is 72.3 Å². The molecule has 1 fully saturated rings. The maximum absolute atomic E-state index is 13.9. The summed E-state index contributed by atoms with van der Waals surface area (Å²) in [5, 5.41) is 22.8. The molecule has 2 rings (SSSR count). The molecule has 0 aromatic carbocycles. The number of hydrogen-bond acceptors (Lipinski definition) is 14. The number of imidazole rings is 1. The lowest BCUT2D eigenvalue weighted by Crippen LogP contribution is -2.60. The van der Waals surface area contributed by atoms with Gasteiger partial charge in [0.05, 0.1) is 56.0 Å². The van der Waals surface area contributed by atoms with Crippen LogP contribution in [0.5, 0.6) is 0 Å². The molecule has 2 heterocycles. The van der Waals surface area contributed by atoms with Crippen LogP contribution in [0.15, 0.2) is 12.5 Å². The minimum atomic E-state index is -4.62. The molecular formula is C40H71N10O13PS. The first-order chi connectivity index (χ1) is 30.2. The monoisotopic (exact) mass is 962 g/mol. The third-order valence-corrected chi connectivity index (χ3v) is 12.0. The van der Waals surface area contributed by atoms with Crippen LogP contribution in [0.2, 0.25) is 0 Å². The number of amides is 7. The van der Waals surface area contributed by atoms with E-state index in [1.54, 1.807) is 0 Å². The smallest absolute Gasteiger partial charge is 0.325 e. The van der Waals surface area contributed by atoms with E-state index in [0.29, 0.717) is 38.0 Å². The lowest BCUT2D eigenvalue weighted by molar-refractivity contribution is -0.144. The second-order valence-electron chi connectivity index (χ2n) is 18.0. The van der Waals surface area contributed by atoms with E-state index >= 15 is 0 Å². The van der Waals surface area contributed by atoms with E-state index in [1.165, 1.54) is 24.3 Å². The molecule has 1 aromatic heterocycles. The predicted molar refractivity (Wildman–Crippen MR) is 241 cm³/mol. The number of nitrogens with one attached hydrogen (secondary N) is 6. The van der Waals surface area contributed by atoms with E-state index in [2.05, 4.69) is 49.2 Å². The summed E-state index contributed by atoms with van der Waals surface area (Å²) in [6, 6.07) is -7.42. The summed E-state index contributed by atoms with van der Waals surface area (Å²) in [6.45, 7) is 12.3. The van der Waals surface area contributed by atoms with Crippen molar-refractivity contribution in [1.29, 1.82) is 0 Å². The molecule has 370 valence electrons. The number of aliphatic hydroxyl groups is 1. The number of aromatic nitrogens is 2. The molecule has 0 bridgehead atoms. The van der Waals surface area contributed by atoms with Gasteiger partial charge in [0, 0.05) is 37.2 Å². The van der Waals surface area contributed by atoms with Gasteiger partial charge in [-0.15, -0.1) is 0 Å². The second-order valence-corrected chi connectivity index (χ2v) is 20.0. The van der Waals surface area contributed by atoms with Crippen LogP contribution in [-0.2, 0) is 54.0 Å². The third-order valence-electron chi connectivity index (χ3n) is 10.5. The van der Waals surface area contributed by atoms with E-state index in [-0.39, 0.29) is 56.0 Å². The van der Waals surface area contributed by atoms with Crippen LogP contribution in [0, 0.1) is 11.8 Å². The highest BCUT2D eigenvalue weighted by Gasteiger charge is 2.38. The molecule has 0 spiro atoms. The van der Waals surface area contributed by atoms with Crippen molar-refractivity contribution in [2.45, 2.75) is 134 Å². The highest BCUT2D eigenvalue weighted by Crippen LogP contribution is 2.37. The molecule has 0 aliphatic carbocycles. The van der Waals surface area contributed by atoms with E-state index < -0.39 is 103 Å². The fourth-order valence-electron chi connectivity index (χ4n) is 6.84. The van der Waals surface area contributed by atoms with Gasteiger partial charge in [0.1, 0.15) is 30.2 Å². The molecule has 1 saturated heterocycles. The fraction of sp³-hybridized carbons (Fsp3) is 0.750. The number of rotatable bonds is 29. The summed E-state index contributed by atoms with van der Waals surface area (Å²) in [7, 11) is -4.62. The van der Waals surface area contributed by atoms with E-state index in [0.717, 1.165) is 0 Å². The zero-order valence-corrected chi connectivity index (χ0v) is 40.1. The second kappa shape index (κ2) is 26.2. The van der Waals surface area contributed by atoms with Crippen LogP contribution in [-0.4, -0.2) is 163 Å². The molecule has 1 aliphatic rings. The van der Waals surface area contributed by atoms with Crippen LogP contribution >= 0.6 is 20.2 Å². The molecular weight excluding hydrogens is 892 g/mol. The molecule has 1 aromatic rings. The van der Waals surface area contributed by atoms with Crippen LogP contribution in [0.3, 0.4) is 0 Å². The molecule has 0 radical (unpaired) electrons. The first kappa shape index (κ1) is 57.0. The lowest BCUT2D eigenvalue weighted by Gasteiger charge is -2.32. The van der Waals surface area contributed by atoms with Crippen molar-refractivity contribution in [2.24, 2.45) is 23.3 Å². The van der Waals surface area contributed by atoms with Crippen molar-refractivity contribution in [2.75, 3.05) is 44.8 Å². The molecule has 25 heteroatoms. The van der Waals surface area contributed by atoms with Crippen molar-refractivity contribution in [3.8, 4) is 0 Å². The summed E-state index contributed by atoms with van der Waals surface area (Å²) in [6.07, 6.45) is 3.27. The van der Waals surface area contributed by atoms with Crippen LogP contribution < -0.4 is 38.1 Å². The summed E-state index contributed by atoms with van der Waals surface area (Å²) < 4.78 is 23.7. The number of H-pyrrole nitrogens is 1. The SMILES string of the molecule is CC(C)C[C@H](NC(=O)[C@@H]1CCCN1C(=O)CCOC(C)(C)COC(C)(C)CCNC(=O)[C@@H](N)CS)C(=O)N[C@@H](Cc1cnc[nH]1)C(=O)N[C@@H](CO)C(=O)N[C@H](C(N)=O)C(C)CP(=O)(O)O. The van der Waals surface area contributed by atoms with Gasteiger partial charge in [-0.3, -0.25) is 38.1 Å². The molecule has 13 N–H and O–H groups in total. The number of ether oxygens (including phenoxy) is 2. The molecule has 0 saturated carbocycles. The molecule has 7 atom stereocenters. The average Bonchev–Trinajstić information content (AvgIpc) is 3.92. The number of likely N-dealkylation sites (tertiary alicyclic amines) is 1. The van der Waals surface area contributed by atoms with Gasteiger partial charge in [-0.1, -0.05) is 20.8 Å². The Morgan fingerprint density at radius 1 is 0.954 bits per heavy atom. The van der Waals surface area contributed by atoms with Gasteiger partial charge in [0.2, 0.25) is 41.4 Å². The summed E-state index contributed by atoms with van der Waals surface area (Å²) >= 11 is 4.04. The summed E-state index contributed by atoms with van der Waals surface area (Å²) in [4.78, 5) is 119. The van der Waals surface area contributed by atoms with Crippen molar-refractivity contribution < 1.29 is 62.5 Å². The van der Waals surface area contributed by atoms with Gasteiger partial charge in [0.25, 0.3) is 0 Å². The maximum atomic E-state index is 13.9. The number of nitrogens with two attached hydrogens (primary N) is 2. The third kappa shape index (κ3) is 20.5. The first-order valence-corrected chi connectivity index (χ1v) is 24.0. The molecule has 7 amide bonds. The fourth-order valence-corrected chi connectivity index (χ4v) is 7.97. The number of hydrogen-bond donors (Lipinski definition) is 12. The Kier molecular flexibility index (Phi) is 23.0. The Bertz CT molecular complexity index is 1800. The highest BCUT2D eigenvalue weighted by molar-refractivity contribution is 7.80. The standard InChI is InChI=1S/C40H71N10O13PS/c1-23(2)15-27(35(55)46-28(16-25-17-43-22-45-25)36(56)48-29(18-51)37(57)49-32(33(42)53)24(3)19-64(59,60)61)47-38(58)30-9-8-13-50(30)31(52)10-14-62-40(6,7)21-63-39(4,5)11-12-44-34(54)26(41)20-65/h17,22-24,26-30,32,51,65H,8-16,18-21,41H2,1-7H3,(H2,42,53)(H,43,45)(H,44,54)(H,46,55)(H,47,58)(H,48,56)(H,49,57)(H2,59,60,61)/t24?,26-,27-,28-,29-,30-,32-/m0/s1. The van der Waals surface area contributed by atoms with E-state index in [9.17, 15) is 53.0 Å². The minimum absolute atomic E-state index is 0.0310. The van der Waals surface area contributed by atoms with Crippen molar-refractivity contribution in [1.82, 2.24) is 41.5 Å². The van der Waals surface area contributed by atoms with Gasteiger partial charge in [-0.05, 0) is 65.2 Å². The Morgan fingerprint density at radius 3 is 2.15 bits per heavy atom. The number of carbonyl (C=O) groups is 7. The van der Waals surface area contributed by atoms with Crippen LogP contribution in [0.25, 0.3) is 0 Å². The Labute approximate surface area is 385 Å². The molecule has 23 nitrogen and oxygen atoms in total. The van der Waals surface area contributed by atoms with Gasteiger partial charge >= 0.3 is 7.60 Å². The topological polar surface area (TPSA) is 360 Å². The number of nitrogens with zero attached hydrogens (tertiary/aromatic N) is 2.